The smallest absolute Gasteiger partial charge is 0.227 e. The maximum atomic E-state index is 12.9. The summed E-state index contributed by atoms with van der Waals surface area (Å²) in [7, 11) is 0. The molecule has 0 unspecified atom stereocenters. The Morgan fingerprint density at radius 2 is 1.96 bits per heavy atom. The number of hydrogen-bond donors (Lipinski definition) is 1. The van der Waals surface area contributed by atoms with E-state index in [0.717, 1.165) is 50.2 Å². The summed E-state index contributed by atoms with van der Waals surface area (Å²) in [5.74, 6) is 0.246. The van der Waals surface area contributed by atoms with Crippen molar-refractivity contribution in [2.24, 2.45) is 0 Å². The van der Waals surface area contributed by atoms with Crippen molar-refractivity contribution in [3.05, 3.63) is 34.5 Å². The van der Waals surface area contributed by atoms with Crippen LogP contribution in [-0.2, 0) is 16.0 Å². The van der Waals surface area contributed by atoms with E-state index in [2.05, 4.69) is 37.9 Å². The van der Waals surface area contributed by atoms with Crippen LogP contribution < -0.4 is 0 Å². The number of aryl methyl sites for hydroxylation is 3. The molecule has 2 fully saturated rings. The molecule has 0 radical (unpaired) electrons. The standard InChI is InChI=1S/C21H28N2O2/c1-14-11-15(2)20-18(12-14)17(16(3)22-20)13-19(24)23-8-6-21(7-9-23)5-4-10-25-21/h11-12,22H,4-10,13H2,1-3H3. The van der Waals surface area contributed by atoms with Crippen LogP contribution in [0.15, 0.2) is 12.1 Å². The number of ether oxygens (including phenoxy) is 1. The quantitative estimate of drug-likeness (QED) is 0.903. The van der Waals surface area contributed by atoms with E-state index < -0.39 is 0 Å². The number of nitrogens with zero attached hydrogens (tertiary/aromatic N) is 1. The second-order valence-electron chi connectivity index (χ2n) is 7.93. The summed E-state index contributed by atoms with van der Waals surface area (Å²) in [4.78, 5) is 18.4. The number of carbonyl (C=O) groups is 1. The summed E-state index contributed by atoms with van der Waals surface area (Å²) < 4.78 is 5.98. The number of likely N-dealkylation sites (tertiary alicyclic amines) is 1. The normalized spacial score (nSPS) is 19.9. The van der Waals surface area contributed by atoms with Crippen molar-refractivity contribution in [3.63, 3.8) is 0 Å². The molecule has 2 saturated heterocycles. The Bertz CT molecular complexity index is 805. The van der Waals surface area contributed by atoms with E-state index in [1.165, 1.54) is 28.5 Å². The third-order valence-electron chi connectivity index (χ3n) is 6.11. The molecule has 4 rings (SSSR count). The lowest BCUT2D eigenvalue weighted by molar-refractivity contribution is -0.135. The first-order chi connectivity index (χ1) is 12.0. The number of rotatable bonds is 2. The highest BCUT2D eigenvalue weighted by atomic mass is 16.5. The third-order valence-corrected chi connectivity index (χ3v) is 6.11. The molecule has 1 N–H and O–H groups in total. The van der Waals surface area contributed by atoms with Gasteiger partial charge in [0.05, 0.1) is 12.0 Å². The second kappa shape index (κ2) is 6.17. The molecule has 4 heteroatoms. The van der Waals surface area contributed by atoms with Crippen molar-refractivity contribution in [2.75, 3.05) is 19.7 Å². The molecule has 0 atom stereocenters. The predicted octanol–water partition coefficient (Wildman–Crippen LogP) is 3.81. The summed E-state index contributed by atoms with van der Waals surface area (Å²) in [5.41, 5.74) is 6.00. The van der Waals surface area contributed by atoms with Gasteiger partial charge in [-0.2, -0.15) is 0 Å². The number of hydrogen-bond acceptors (Lipinski definition) is 2. The van der Waals surface area contributed by atoms with Gasteiger partial charge in [-0.15, -0.1) is 0 Å². The molecule has 2 aliphatic heterocycles. The van der Waals surface area contributed by atoms with Crippen molar-refractivity contribution in [1.82, 2.24) is 9.88 Å². The highest BCUT2D eigenvalue weighted by Gasteiger charge is 2.39. The van der Waals surface area contributed by atoms with Crippen LogP contribution in [0.5, 0.6) is 0 Å². The van der Waals surface area contributed by atoms with Gasteiger partial charge in [0.25, 0.3) is 0 Å². The van der Waals surface area contributed by atoms with Crippen molar-refractivity contribution in [2.45, 2.75) is 58.5 Å². The Labute approximate surface area is 149 Å². The lowest BCUT2D eigenvalue weighted by Crippen LogP contribution is -2.46. The van der Waals surface area contributed by atoms with E-state index in [1.54, 1.807) is 0 Å². The van der Waals surface area contributed by atoms with Crippen LogP contribution in [0.4, 0.5) is 0 Å². The molecule has 1 amide bonds. The number of H-pyrrole nitrogens is 1. The Hall–Kier alpha value is -1.81. The van der Waals surface area contributed by atoms with Crippen LogP contribution in [0.2, 0.25) is 0 Å². The minimum absolute atomic E-state index is 0.0711. The molecule has 2 aromatic rings. The second-order valence-corrected chi connectivity index (χ2v) is 7.93. The van der Waals surface area contributed by atoms with E-state index in [4.69, 9.17) is 4.74 Å². The molecular formula is C21H28N2O2. The first-order valence-corrected chi connectivity index (χ1v) is 9.48. The molecule has 2 aliphatic rings. The van der Waals surface area contributed by atoms with E-state index >= 15 is 0 Å². The number of carbonyl (C=O) groups excluding carboxylic acids is 1. The first-order valence-electron chi connectivity index (χ1n) is 9.48. The molecule has 25 heavy (non-hydrogen) atoms. The molecule has 4 nitrogen and oxygen atoms in total. The Morgan fingerprint density at radius 3 is 2.64 bits per heavy atom. The SMILES string of the molecule is Cc1cc(C)c2[nH]c(C)c(CC(=O)N3CCC4(CCCO4)CC3)c2c1. The van der Waals surface area contributed by atoms with Gasteiger partial charge in [0, 0.05) is 36.3 Å². The molecule has 1 aromatic heterocycles. The predicted molar refractivity (Wildman–Crippen MR) is 99.9 cm³/mol. The minimum atomic E-state index is 0.0711. The van der Waals surface area contributed by atoms with Crippen molar-refractivity contribution in [3.8, 4) is 0 Å². The summed E-state index contributed by atoms with van der Waals surface area (Å²) in [5, 5.41) is 1.20. The van der Waals surface area contributed by atoms with Crippen LogP contribution in [0.3, 0.4) is 0 Å². The molecule has 0 saturated carbocycles. The van der Waals surface area contributed by atoms with Crippen molar-refractivity contribution >= 4 is 16.8 Å². The Balaban J connectivity index is 1.52. The fraction of sp³-hybridized carbons (Fsp3) is 0.571. The zero-order valence-electron chi connectivity index (χ0n) is 15.6. The fourth-order valence-electron chi connectivity index (χ4n) is 4.64. The number of aromatic nitrogens is 1. The molecule has 134 valence electrons. The van der Waals surface area contributed by atoms with Gasteiger partial charge >= 0.3 is 0 Å². The molecule has 1 spiro atoms. The van der Waals surface area contributed by atoms with Gasteiger partial charge in [-0.3, -0.25) is 4.79 Å². The highest BCUT2D eigenvalue weighted by molar-refractivity contribution is 5.92. The van der Waals surface area contributed by atoms with E-state index in [9.17, 15) is 4.79 Å². The zero-order valence-corrected chi connectivity index (χ0v) is 15.6. The molecule has 0 bridgehead atoms. The molecule has 0 aliphatic carbocycles. The molecule has 1 aromatic carbocycles. The lowest BCUT2D eigenvalue weighted by atomic mass is 9.88. The third kappa shape index (κ3) is 2.97. The van der Waals surface area contributed by atoms with Gasteiger partial charge in [0.1, 0.15) is 0 Å². The Morgan fingerprint density at radius 1 is 1.20 bits per heavy atom. The van der Waals surface area contributed by atoms with E-state index in [1.807, 2.05) is 4.90 Å². The number of piperidine rings is 1. The number of aromatic amines is 1. The zero-order chi connectivity index (χ0) is 17.6. The van der Waals surface area contributed by atoms with Crippen molar-refractivity contribution in [1.29, 1.82) is 0 Å². The monoisotopic (exact) mass is 340 g/mol. The topological polar surface area (TPSA) is 45.3 Å². The largest absolute Gasteiger partial charge is 0.375 e. The van der Waals surface area contributed by atoms with E-state index in [-0.39, 0.29) is 11.5 Å². The molecule has 3 heterocycles. The number of amides is 1. The average Bonchev–Trinajstić information content (AvgIpc) is 3.15. The van der Waals surface area contributed by atoms with E-state index in [0.29, 0.717) is 6.42 Å². The fourth-order valence-corrected chi connectivity index (χ4v) is 4.64. The Kier molecular flexibility index (Phi) is 4.11. The van der Waals surface area contributed by atoms with Gasteiger partial charge in [-0.25, -0.2) is 0 Å². The van der Waals surface area contributed by atoms with Gasteiger partial charge in [0.15, 0.2) is 0 Å². The number of benzene rings is 1. The summed E-state index contributed by atoms with van der Waals surface area (Å²) in [6.45, 7) is 8.88. The number of nitrogens with one attached hydrogen (secondary N) is 1. The van der Waals surface area contributed by atoms with Crippen LogP contribution in [0.1, 0.15) is 48.1 Å². The maximum Gasteiger partial charge on any atom is 0.227 e. The van der Waals surface area contributed by atoms with Crippen LogP contribution in [0, 0.1) is 20.8 Å². The number of fused-ring (bicyclic) bond motifs is 1. The van der Waals surface area contributed by atoms with Crippen LogP contribution >= 0.6 is 0 Å². The summed E-state index contributed by atoms with van der Waals surface area (Å²) in [6.07, 6.45) is 4.80. The van der Waals surface area contributed by atoms with Crippen LogP contribution in [0.25, 0.3) is 10.9 Å². The first kappa shape index (κ1) is 16.6. The van der Waals surface area contributed by atoms with Gasteiger partial charge in [-0.05, 0) is 63.6 Å². The summed E-state index contributed by atoms with van der Waals surface area (Å²) in [6, 6.07) is 4.39. The lowest BCUT2D eigenvalue weighted by Gasteiger charge is -2.38. The van der Waals surface area contributed by atoms with Gasteiger partial charge < -0.3 is 14.6 Å². The average molecular weight is 340 g/mol. The van der Waals surface area contributed by atoms with Crippen molar-refractivity contribution < 1.29 is 9.53 Å². The van der Waals surface area contributed by atoms with Gasteiger partial charge in [-0.1, -0.05) is 11.6 Å². The highest BCUT2D eigenvalue weighted by Crippen LogP contribution is 2.36. The van der Waals surface area contributed by atoms with Gasteiger partial charge in [0.2, 0.25) is 5.91 Å². The molecular weight excluding hydrogens is 312 g/mol. The maximum absolute atomic E-state index is 12.9. The summed E-state index contributed by atoms with van der Waals surface area (Å²) >= 11 is 0. The minimum Gasteiger partial charge on any atom is -0.375 e. The van der Waals surface area contributed by atoms with Crippen LogP contribution in [-0.4, -0.2) is 41.1 Å².